The maximum absolute atomic E-state index is 13.3. The standard InChI is InChI=1S/C22H18FNOS/c1-24-19-10-6-5-9-18(19)20(15-7-3-2-4-8-15)21(22(24)25)26-17-13-11-16(23)12-14-17/h2-14,20-21H,1H3/t20-,21-/m1/s1. The van der Waals surface area contributed by atoms with Crippen LogP contribution in [0.15, 0.2) is 83.8 Å². The van der Waals surface area contributed by atoms with Crippen LogP contribution in [0.5, 0.6) is 0 Å². The Morgan fingerprint density at radius 2 is 1.54 bits per heavy atom. The number of carbonyl (C=O) groups is 1. The topological polar surface area (TPSA) is 20.3 Å². The van der Waals surface area contributed by atoms with Crippen molar-refractivity contribution in [2.24, 2.45) is 0 Å². The second-order valence-corrected chi connectivity index (χ2v) is 7.55. The number of benzene rings is 3. The average Bonchev–Trinajstić information content (AvgIpc) is 2.68. The molecule has 0 aliphatic carbocycles. The molecule has 2 atom stereocenters. The number of fused-ring (bicyclic) bond motifs is 1. The molecule has 0 fully saturated rings. The highest BCUT2D eigenvalue weighted by Crippen LogP contribution is 2.45. The zero-order valence-electron chi connectivity index (χ0n) is 14.3. The third-order valence-electron chi connectivity index (χ3n) is 4.75. The number of halogens is 1. The first-order valence-electron chi connectivity index (χ1n) is 8.49. The molecule has 1 amide bonds. The zero-order chi connectivity index (χ0) is 18.1. The summed E-state index contributed by atoms with van der Waals surface area (Å²) in [5.41, 5.74) is 3.20. The molecule has 4 rings (SSSR count). The Balaban J connectivity index is 1.82. The molecule has 3 aromatic carbocycles. The molecule has 0 unspecified atom stereocenters. The summed E-state index contributed by atoms with van der Waals surface area (Å²) in [7, 11) is 1.82. The van der Waals surface area contributed by atoms with Crippen LogP contribution < -0.4 is 4.90 Å². The molecule has 0 N–H and O–H groups in total. The van der Waals surface area contributed by atoms with E-state index in [9.17, 15) is 9.18 Å². The first kappa shape index (κ1) is 16.9. The van der Waals surface area contributed by atoms with Gasteiger partial charge < -0.3 is 4.90 Å². The summed E-state index contributed by atoms with van der Waals surface area (Å²) in [5.74, 6) is -0.260. The lowest BCUT2D eigenvalue weighted by Crippen LogP contribution is -2.43. The van der Waals surface area contributed by atoms with Crippen molar-refractivity contribution in [2.75, 3.05) is 11.9 Å². The number of rotatable bonds is 3. The predicted octanol–water partition coefficient (Wildman–Crippen LogP) is 5.09. The van der Waals surface area contributed by atoms with Crippen LogP contribution in [0.25, 0.3) is 0 Å². The van der Waals surface area contributed by atoms with Gasteiger partial charge in [-0.25, -0.2) is 4.39 Å². The SMILES string of the molecule is CN1C(=O)[C@H](Sc2ccc(F)cc2)[C@H](c2ccccc2)c2ccccc21. The Hall–Kier alpha value is -2.59. The van der Waals surface area contributed by atoms with Crippen molar-refractivity contribution in [3.05, 3.63) is 95.8 Å². The second kappa shape index (κ2) is 6.96. The fourth-order valence-electron chi connectivity index (χ4n) is 3.46. The molecule has 0 saturated heterocycles. The minimum absolute atomic E-state index is 0.0499. The first-order valence-corrected chi connectivity index (χ1v) is 9.37. The number of hydrogen-bond acceptors (Lipinski definition) is 2. The Kier molecular flexibility index (Phi) is 4.51. The van der Waals surface area contributed by atoms with E-state index in [0.717, 1.165) is 21.7 Å². The van der Waals surface area contributed by atoms with E-state index in [1.165, 1.54) is 23.9 Å². The number of hydrogen-bond donors (Lipinski definition) is 0. The van der Waals surface area contributed by atoms with Crippen LogP contribution in [-0.2, 0) is 4.79 Å². The van der Waals surface area contributed by atoms with Crippen LogP contribution >= 0.6 is 11.8 Å². The maximum Gasteiger partial charge on any atom is 0.241 e. The van der Waals surface area contributed by atoms with Gasteiger partial charge >= 0.3 is 0 Å². The fraction of sp³-hybridized carbons (Fsp3) is 0.136. The van der Waals surface area contributed by atoms with E-state index in [0.29, 0.717) is 0 Å². The van der Waals surface area contributed by atoms with E-state index in [1.54, 1.807) is 17.0 Å². The van der Waals surface area contributed by atoms with Gasteiger partial charge in [0.25, 0.3) is 0 Å². The van der Waals surface area contributed by atoms with E-state index in [1.807, 2.05) is 43.4 Å². The average molecular weight is 363 g/mol. The van der Waals surface area contributed by atoms with Crippen molar-refractivity contribution in [2.45, 2.75) is 16.1 Å². The monoisotopic (exact) mass is 363 g/mol. The van der Waals surface area contributed by atoms with Crippen molar-refractivity contribution in [1.82, 2.24) is 0 Å². The highest BCUT2D eigenvalue weighted by atomic mass is 32.2. The molecular weight excluding hydrogens is 345 g/mol. The minimum Gasteiger partial charge on any atom is -0.314 e. The lowest BCUT2D eigenvalue weighted by atomic mass is 9.84. The van der Waals surface area contributed by atoms with E-state index >= 15 is 0 Å². The molecule has 1 heterocycles. The van der Waals surface area contributed by atoms with Gasteiger partial charge in [0.05, 0.1) is 5.25 Å². The van der Waals surface area contributed by atoms with Crippen molar-refractivity contribution in [1.29, 1.82) is 0 Å². The van der Waals surface area contributed by atoms with Crippen molar-refractivity contribution in [3.8, 4) is 0 Å². The number of carbonyl (C=O) groups excluding carboxylic acids is 1. The number of anilines is 1. The maximum atomic E-state index is 13.3. The van der Waals surface area contributed by atoms with Crippen LogP contribution in [0.4, 0.5) is 10.1 Å². The molecule has 3 aromatic rings. The normalized spacial score (nSPS) is 19.3. The first-order chi connectivity index (χ1) is 12.6. The molecule has 0 radical (unpaired) electrons. The van der Waals surface area contributed by atoms with Gasteiger partial charge in [-0.15, -0.1) is 11.8 Å². The minimum atomic E-state index is -0.303. The molecule has 1 aliphatic heterocycles. The van der Waals surface area contributed by atoms with Crippen LogP contribution in [0, 0.1) is 5.82 Å². The second-order valence-electron chi connectivity index (χ2n) is 6.34. The van der Waals surface area contributed by atoms with Gasteiger partial charge in [0.15, 0.2) is 0 Å². The number of thioether (sulfide) groups is 1. The number of nitrogens with zero attached hydrogens (tertiary/aromatic N) is 1. The fourth-order valence-corrected chi connectivity index (χ4v) is 4.75. The summed E-state index contributed by atoms with van der Waals surface area (Å²) in [6.07, 6.45) is 0. The molecule has 1 aliphatic rings. The Bertz CT molecular complexity index is 926. The lowest BCUT2D eigenvalue weighted by Gasteiger charge is -2.37. The molecular formula is C22H18FNOS. The van der Waals surface area contributed by atoms with Gasteiger partial charge in [-0.2, -0.15) is 0 Å². The van der Waals surface area contributed by atoms with Crippen LogP contribution in [0.3, 0.4) is 0 Å². The van der Waals surface area contributed by atoms with E-state index in [4.69, 9.17) is 0 Å². The molecule has 0 saturated carbocycles. The van der Waals surface area contributed by atoms with E-state index in [-0.39, 0.29) is 22.9 Å². The third kappa shape index (κ3) is 3.01. The summed E-state index contributed by atoms with van der Waals surface area (Å²) >= 11 is 1.49. The van der Waals surface area contributed by atoms with E-state index in [2.05, 4.69) is 18.2 Å². The molecule has 0 bridgehead atoms. The number of para-hydroxylation sites is 1. The molecule has 130 valence electrons. The van der Waals surface area contributed by atoms with Crippen molar-refractivity contribution >= 4 is 23.4 Å². The molecule has 4 heteroatoms. The quantitative estimate of drug-likeness (QED) is 0.646. The molecule has 2 nitrogen and oxygen atoms in total. The molecule has 26 heavy (non-hydrogen) atoms. The summed E-state index contributed by atoms with van der Waals surface area (Å²) in [5, 5.41) is -0.303. The Morgan fingerprint density at radius 3 is 2.27 bits per heavy atom. The van der Waals surface area contributed by atoms with Gasteiger partial charge in [-0.3, -0.25) is 4.79 Å². The molecule has 0 aromatic heterocycles. The summed E-state index contributed by atoms with van der Waals surface area (Å²) in [6.45, 7) is 0. The summed E-state index contributed by atoms with van der Waals surface area (Å²) < 4.78 is 13.3. The highest BCUT2D eigenvalue weighted by Gasteiger charge is 2.40. The van der Waals surface area contributed by atoms with Crippen molar-refractivity contribution < 1.29 is 9.18 Å². The van der Waals surface area contributed by atoms with Crippen LogP contribution in [0.2, 0.25) is 0 Å². The van der Waals surface area contributed by atoms with Gasteiger partial charge in [-0.1, -0.05) is 48.5 Å². The largest absolute Gasteiger partial charge is 0.314 e. The zero-order valence-corrected chi connectivity index (χ0v) is 15.1. The highest BCUT2D eigenvalue weighted by molar-refractivity contribution is 8.00. The summed E-state index contributed by atoms with van der Waals surface area (Å²) in [4.78, 5) is 15.8. The molecule has 0 spiro atoms. The van der Waals surface area contributed by atoms with Gasteiger partial charge in [-0.05, 0) is 41.5 Å². The van der Waals surface area contributed by atoms with Crippen molar-refractivity contribution in [3.63, 3.8) is 0 Å². The van der Waals surface area contributed by atoms with Gasteiger partial charge in [0, 0.05) is 23.5 Å². The Morgan fingerprint density at radius 1 is 0.885 bits per heavy atom. The Labute approximate surface area is 156 Å². The predicted molar refractivity (Wildman–Crippen MR) is 104 cm³/mol. The number of amides is 1. The van der Waals surface area contributed by atoms with Gasteiger partial charge in [0.2, 0.25) is 5.91 Å². The van der Waals surface area contributed by atoms with Crippen LogP contribution in [0.1, 0.15) is 17.0 Å². The summed E-state index contributed by atoms with van der Waals surface area (Å²) in [6, 6.07) is 24.5. The smallest absolute Gasteiger partial charge is 0.241 e. The van der Waals surface area contributed by atoms with Gasteiger partial charge in [0.1, 0.15) is 5.82 Å². The third-order valence-corrected chi connectivity index (χ3v) is 6.02. The van der Waals surface area contributed by atoms with Crippen LogP contribution in [-0.4, -0.2) is 18.2 Å². The lowest BCUT2D eigenvalue weighted by molar-refractivity contribution is -0.118. The van der Waals surface area contributed by atoms with E-state index < -0.39 is 0 Å².